The molecule has 1 fully saturated rings. The lowest BCUT2D eigenvalue weighted by Gasteiger charge is -2.18. The van der Waals surface area contributed by atoms with Gasteiger partial charge in [-0.2, -0.15) is 0 Å². The highest BCUT2D eigenvalue weighted by atomic mass is 15.2. The molecule has 0 aliphatic heterocycles. The number of nitrogens with zero attached hydrogens (tertiary/aromatic N) is 1. The molecule has 3 nitrogen and oxygen atoms in total. The van der Waals surface area contributed by atoms with Gasteiger partial charge in [0.1, 0.15) is 0 Å². The molecule has 0 radical (unpaired) electrons. The van der Waals surface area contributed by atoms with Gasteiger partial charge in [0, 0.05) is 6.04 Å². The fourth-order valence-electron chi connectivity index (χ4n) is 2.56. The lowest BCUT2D eigenvalue weighted by molar-refractivity contribution is 0.341. The van der Waals surface area contributed by atoms with Crippen LogP contribution in [0.15, 0.2) is 30.3 Å². The van der Waals surface area contributed by atoms with Crippen molar-refractivity contribution in [2.24, 2.45) is 11.8 Å². The normalized spacial score (nSPS) is 24.9. The number of nitrogens with two attached hydrogens (primary N) is 1. The highest BCUT2D eigenvalue weighted by Crippen LogP contribution is 2.49. The van der Waals surface area contributed by atoms with Crippen LogP contribution < -0.4 is 11.3 Å². The van der Waals surface area contributed by atoms with Crippen molar-refractivity contribution < 1.29 is 0 Å². The molecule has 0 amide bonds. The van der Waals surface area contributed by atoms with E-state index >= 15 is 0 Å². The minimum absolute atomic E-state index is 0.447. The Bertz CT molecular complexity index is 337. The van der Waals surface area contributed by atoms with Gasteiger partial charge >= 0.3 is 0 Å². The zero-order valence-corrected chi connectivity index (χ0v) is 10.8. The molecule has 0 spiro atoms. The molecule has 3 unspecified atom stereocenters. The van der Waals surface area contributed by atoms with Gasteiger partial charge in [-0.25, -0.2) is 0 Å². The van der Waals surface area contributed by atoms with E-state index in [1.54, 1.807) is 0 Å². The molecule has 0 heterocycles. The van der Waals surface area contributed by atoms with Gasteiger partial charge in [0.05, 0.1) is 0 Å². The molecule has 0 bridgehead atoms. The first-order chi connectivity index (χ1) is 8.22. The van der Waals surface area contributed by atoms with Gasteiger partial charge in [-0.3, -0.25) is 11.3 Å². The SMILES string of the molecule is CN(C)CCC(NN)C1CC1c1ccccc1. The summed E-state index contributed by atoms with van der Waals surface area (Å²) in [6.07, 6.45) is 2.39. The predicted molar refractivity (Wildman–Crippen MR) is 71.6 cm³/mol. The number of hydrogen-bond donors (Lipinski definition) is 2. The molecule has 1 aliphatic rings. The molecular formula is C14H23N3. The van der Waals surface area contributed by atoms with Crippen molar-refractivity contribution in [3.05, 3.63) is 35.9 Å². The molecule has 3 heteroatoms. The minimum Gasteiger partial charge on any atom is -0.309 e. The van der Waals surface area contributed by atoms with Crippen LogP contribution in [0.25, 0.3) is 0 Å². The maximum atomic E-state index is 5.67. The zero-order chi connectivity index (χ0) is 12.3. The van der Waals surface area contributed by atoms with Crippen LogP contribution >= 0.6 is 0 Å². The van der Waals surface area contributed by atoms with E-state index in [1.807, 2.05) is 0 Å². The number of rotatable bonds is 6. The highest BCUT2D eigenvalue weighted by molar-refractivity contribution is 5.26. The number of hydrazine groups is 1. The van der Waals surface area contributed by atoms with E-state index < -0.39 is 0 Å². The Kier molecular flexibility index (Phi) is 4.15. The minimum atomic E-state index is 0.447. The van der Waals surface area contributed by atoms with Crippen LogP contribution in [-0.4, -0.2) is 31.6 Å². The average molecular weight is 233 g/mol. The summed E-state index contributed by atoms with van der Waals surface area (Å²) in [6, 6.07) is 11.2. The highest BCUT2D eigenvalue weighted by Gasteiger charge is 2.43. The molecule has 1 saturated carbocycles. The second-order valence-electron chi connectivity index (χ2n) is 5.28. The monoisotopic (exact) mass is 233 g/mol. The second-order valence-corrected chi connectivity index (χ2v) is 5.28. The maximum absolute atomic E-state index is 5.67. The number of benzene rings is 1. The molecule has 1 aliphatic carbocycles. The molecule has 17 heavy (non-hydrogen) atoms. The van der Waals surface area contributed by atoms with Crippen LogP contribution in [0.2, 0.25) is 0 Å². The van der Waals surface area contributed by atoms with E-state index in [0.717, 1.165) is 13.0 Å². The van der Waals surface area contributed by atoms with Gasteiger partial charge in [-0.15, -0.1) is 0 Å². The lowest BCUT2D eigenvalue weighted by atomic mass is 10.0. The Morgan fingerprint density at radius 1 is 1.35 bits per heavy atom. The molecule has 3 N–H and O–H groups in total. The number of nitrogens with one attached hydrogen (secondary N) is 1. The van der Waals surface area contributed by atoms with Crippen molar-refractivity contribution in [2.45, 2.75) is 24.8 Å². The third-order valence-electron chi connectivity index (χ3n) is 3.69. The lowest BCUT2D eigenvalue weighted by Crippen LogP contribution is -2.39. The van der Waals surface area contributed by atoms with Crippen molar-refractivity contribution in [2.75, 3.05) is 20.6 Å². The summed E-state index contributed by atoms with van der Waals surface area (Å²) in [6.45, 7) is 1.09. The van der Waals surface area contributed by atoms with E-state index in [1.165, 1.54) is 12.0 Å². The summed E-state index contributed by atoms with van der Waals surface area (Å²) < 4.78 is 0. The van der Waals surface area contributed by atoms with Crippen LogP contribution in [0.5, 0.6) is 0 Å². The topological polar surface area (TPSA) is 41.3 Å². The first kappa shape index (κ1) is 12.6. The fraction of sp³-hybridized carbons (Fsp3) is 0.571. The van der Waals surface area contributed by atoms with E-state index in [2.05, 4.69) is 54.8 Å². The standard InChI is InChI=1S/C14H23N3/c1-17(2)9-8-14(16-15)13-10-12(13)11-6-4-3-5-7-11/h3-7,12-14,16H,8-10,15H2,1-2H3. The van der Waals surface area contributed by atoms with Crippen LogP contribution in [0.1, 0.15) is 24.3 Å². The van der Waals surface area contributed by atoms with Crippen molar-refractivity contribution in [3.8, 4) is 0 Å². The van der Waals surface area contributed by atoms with E-state index in [4.69, 9.17) is 5.84 Å². The Labute approximate surface area is 104 Å². The third kappa shape index (κ3) is 3.28. The Hall–Kier alpha value is -0.900. The molecular weight excluding hydrogens is 210 g/mol. The van der Waals surface area contributed by atoms with Crippen molar-refractivity contribution in [1.29, 1.82) is 0 Å². The summed E-state index contributed by atoms with van der Waals surface area (Å²) in [5.41, 5.74) is 4.45. The predicted octanol–water partition coefficient (Wildman–Crippen LogP) is 1.57. The summed E-state index contributed by atoms with van der Waals surface area (Å²) in [5, 5.41) is 0. The van der Waals surface area contributed by atoms with Gasteiger partial charge in [0.2, 0.25) is 0 Å². The zero-order valence-electron chi connectivity index (χ0n) is 10.8. The quantitative estimate of drug-likeness (QED) is 0.579. The third-order valence-corrected chi connectivity index (χ3v) is 3.69. The van der Waals surface area contributed by atoms with Gasteiger partial charge in [-0.05, 0) is 50.9 Å². The van der Waals surface area contributed by atoms with Gasteiger partial charge < -0.3 is 4.90 Å². The average Bonchev–Trinajstić information content (AvgIpc) is 3.11. The van der Waals surface area contributed by atoms with E-state index in [0.29, 0.717) is 17.9 Å². The Morgan fingerprint density at radius 3 is 2.65 bits per heavy atom. The first-order valence-electron chi connectivity index (χ1n) is 6.38. The van der Waals surface area contributed by atoms with Crippen molar-refractivity contribution >= 4 is 0 Å². The van der Waals surface area contributed by atoms with Gasteiger partial charge in [-0.1, -0.05) is 30.3 Å². The molecule has 3 atom stereocenters. The summed E-state index contributed by atoms with van der Waals surface area (Å²) in [5.74, 6) is 7.09. The molecule has 1 aromatic carbocycles. The van der Waals surface area contributed by atoms with E-state index in [-0.39, 0.29) is 0 Å². The van der Waals surface area contributed by atoms with Crippen LogP contribution in [0, 0.1) is 5.92 Å². The maximum Gasteiger partial charge on any atom is 0.0257 e. The first-order valence-corrected chi connectivity index (χ1v) is 6.38. The second kappa shape index (κ2) is 5.63. The molecule has 1 aromatic rings. The van der Waals surface area contributed by atoms with Crippen LogP contribution in [0.3, 0.4) is 0 Å². The smallest absolute Gasteiger partial charge is 0.0257 e. The van der Waals surface area contributed by atoms with Crippen LogP contribution in [-0.2, 0) is 0 Å². The van der Waals surface area contributed by atoms with Gasteiger partial charge in [0.25, 0.3) is 0 Å². The summed E-state index contributed by atoms with van der Waals surface area (Å²) in [7, 11) is 4.21. The van der Waals surface area contributed by atoms with Crippen LogP contribution in [0.4, 0.5) is 0 Å². The molecule has 0 aromatic heterocycles. The van der Waals surface area contributed by atoms with E-state index in [9.17, 15) is 0 Å². The summed E-state index contributed by atoms with van der Waals surface area (Å²) in [4.78, 5) is 2.21. The largest absolute Gasteiger partial charge is 0.309 e. The van der Waals surface area contributed by atoms with Crippen molar-refractivity contribution in [3.63, 3.8) is 0 Å². The fourth-order valence-corrected chi connectivity index (χ4v) is 2.56. The molecule has 0 saturated heterocycles. The van der Waals surface area contributed by atoms with Gasteiger partial charge in [0.15, 0.2) is 0 Å². The molecule has 94 valence electrons. The Balaban J connectivity index is 1.88. The van der Waals surface area contributed by atoms with Crippen molar-refractivity contribution in [1.82, 2.24) is 10.3 Å². The number of hydrogen-bond acceptors (Lipinski definition) is 3. The molecule has 2 rings (SSSR count). The Morgan fingerprint density at radius 2 is 2.06 bits per heavy atom. The summed E-state index contributed by atoms with van der Waals surface area (Å²) >= 11 is 0.